The Bertz CT molecular complexity index is 1490. The third-order valence-electron chi connectivity index (χ3n) is 5.70. The standard InChI is InChI=1S/C23H20N8O/c1-30-12-20(32-19-5-3-15(24)9-18(19)30)21-22-26-6-7-31(22)11-17(28-21)13-2-4-16-14(8-13)10-27-23(25)29-16/h2-11,20H,12,24H2,1H3,(H2,25,27,29). The second kappa shape index (κ2) is 6.81. The lowest BCUT2D eigenvalue weighted by atomic mass is 10.1. The summed E-state index contributed by atoms with van der Waals surface area (Å²) in [6.07, 6.45) is 7.08. The van der Waals surface area contributed by atoms with Gasteiger partial charge in [0.1, 0.15) is 11.4 Å². The third-order valence-corrected chi connectivity index (χ3v) is 5.70. The molecule has 2 aromatic carbocycles. The molecule has 0 saturated carbocycles. The molecule has 9 nitrogen and oxygen atoms in total. The SMILES string of the molecule is CN1CC(c2nc(-c3ccc4nc(N)ncc4c3)cn3ccnc23)Oc2ccc(N)cc21. The Kier molecular flexibility index (Phi) is 3.91. The van der Waals surface area contributed by atoms with E-state index in [9.17, 15) is 0 Å². The molecule has 3 aromatic heterocycles. The Morgan fingerprint density at radius 3 is 2.88 bits per heavy atom. The van der Waals surface area contributed by atoms with Crippen LogP contribution in [0.3, 0.4) is 0 Å². The van der Waals surface area contributed by atoms with Crippen LogP contribution in [0.5, 0.6) is 5.75 Å². The summed E-state index contributed by atoms with van der Waals surface area (Å²) >= 11 is 0. The molecular formula is C23H20N8O. The van der Waals surface area contributed by atoms with Gasteiger partial charge < -0.3 is 25.5 Å². The van der Waals surface area contributed by atoms with Crippen molar-refractivity contribution in [3.8, 4) is 17.0 Å². The minimum absolute atomic E-state index is 0.256. The van der Waals surface area contributed by atoms with Gasteiger partial charge in [-0.05, 0) is 30.3 Å². The molecule has 4 heterocycles. The number of nitrogens with zero attached hydrogens (tertiary/aromatic N) is 6. The average molecular weight is 424 g/mol. The van der Waals surface area contributed by atoms with Crippen LogP contribution in [0, 0.1) is 0 Å². The van der Waals surface area contributed by atoms with Crippen molar-refractivity contribution in [1.82, 2.24) is 24.3 Å². The van der Waals surface area contributed by atoms with Crippen LogP contribution < -0.4 is 21.1 Å². The lowest BCUT2D eigenvalue weighted by Gasteiger charge is -2.33. The molecule has 6 rings (SSSR count). The van der Waals surface area contributed by atoms with Crippen LogP contribution in [0.1, 0.15) is 11.8 Å². The summed E-state index contributed by atoms with van der Waals surface area (Å²) in [4.78, 5) is 20.0. The van der Waals surface area contributed by atoms with Gasteiger partial charge in [-0.15, -0.1) is 0 Å². The van der Waals surface area contributed by atoms with Gasteiger partial charge in [0, 0.05) is 48.5 Å². The van der Waals surface area contributed by atoms with Gasteiger partial charge >= 0.3 is 0 Å². The summed E-state index contributed by atoms with van der Waals surface area (Å²) in [5.74, 6) is 1.03. The Hall–Kier alpha value is -4.40. The fraction of sp³-hybridized carbons (Fsp3) is 0.130. The number of hydrogen-bond acceptors (Lipinski definition) is 8. The molecular weight excluding hydrogens is 404 g/mol. The van der Waals surface area contributed by atoms with E-state index in [1.165, 1.54) is 0 Å². The first-order chi connectivity index (χ1) is 15.5. The summed E-state index contributed by atoms with van der Waals surface area (Å²) < 4.78 is 8.32. The molecule has 0 bridgehead atoms. The van der Waals surface area contributed by atoms with Gasteiger partial charge in [-0.25, -0.2) is 19.9 Å². The van der Waals surface area contributed by atoms with Gasteiger partial charge in [0.05, 0.1) is 23.4 Å². The number of imidazole rings is 1. The maximum absolute atomic E-state index is 6.35. The minimum Gasteiger partial charge on any atom is -0.480 e. The van der Waals surface area contributed by atoms with Crippen molar-refractivity contribution in [1.29, 1.82) is 0 Å². The van der Waals surface area contributed by atoms with E-state index in [0.29, 0.717) is 12.2 Å². The first-order valence-electron chi connectivity index (χ1n) is 10.2. The summed E-state index contributed by atoms with van der Waals surface area (Å²) in [7, 11) is 2.02. The third kappa shape index (κ3) is 2.94. The molecule has 4 N–H and O–H groups in total. The number of likely N-dealkylation sites (N-methyl/N-ethyl adjacent to an activating group) is 1. The zero-order chi connectivity index (χ0) is 21.8. The monoisotopic (exact) mass is 424 g/mol. The fourth-order valence-corrected chi connectivity index (χ4v) is 4.13. The number of nitrogen functional groups attached to an aromatic ring is 2. The summed E-state index contributed by atoms with van der Waals surface area (Å²) in [6, 6.07) is 11.6. The van der Waals surface area contributed by atoms with E-state index >= 15 is 0 Å². The zero-order valence-electron chi connectivity index (χ0n) is 17.3. The van der Waals surface area contributed by atoms with Crippen molar-refractivity contribution in [2.45, 2.75) is 6.10 Å². The van der Waals surface area contributed by atoms with Crippen LogP contribution in [0.15, 0.2) is 61.2 Å². The summed E-state index contributed by atoms with van der Waals surface area (Å²) in [5, 5.41) is 0.894. The smallest absolute Gasteiger partial charge is 0.220 e. The van der Waals surface area contributed by atoms with Crippen molar-refractivity contribution in [2.24, 2.45) is 0 Å². The molecule has 0 fully saturated rings. The number of fused-ring (bicyclic) bond motifs is 3. The lowest BCUT2D eigenvalue weighted by Crippen LogP contribution is -2.33. The molecule has 1 aliphatic heterocycles. The van der Waals surface area contributed by atoms with E-state index in [1.807, 2.05) is 60.2 Å². The first-order valence-corrected chi connectivity index (χ1v) is 10.2. The number of aromatic nitrogens is 5. The molecule has 0 aliphatic carbocycles. The Labute approximate surface area is 183 Å². The van der Waals surface area contributed by atoms with Crippen molar-refractivity contribution < 1.29 is 4.74 Å². The Morgan fingerprint density at radius 1 is 1.06 bits per heavy atom. The molecule has 0 radical (unpaired) electrons. The van der Waals surface area contributed by atoms with Crippen LogP contribution in [-0.2, 0) is 0 Å². The molecule has 158 valence electrons. The quantitative estimate of drug-likeness (QED) is 0.415. The number of ether oxygens (including phenoxy) is 1. The number of anilines is 3. The van der Waals surface area contributed by atoms with E-state index in [4.69, 9.17) is 21.2 Å². The molecule has 1 aliphatic rings. The van der Waals surface area contributed by atoms with Crippen molar-refractivity contribution in [2.75, 3.05) is 30.0 Å². The summed E-state index contributed by atoms with van der Waals surface area (Å²) in [6.45, 7) is 0.625. The number of rotatable bonds is 2. The van der Waals surface area contributed by atoms with E-state index in [0.717, 1.165) is 44.9 Å². The number of hydrogen-bond donors (Lipinski definition) is 2. The van der Waals surface area contributed by atoms with Crippen molar-refractivity contribution in [3.63, 3.8) is 0 Å². The maximum atomic E-state index is 6.35. The highest BCUT2D eigenvalue weighted by atomic mass is 16.5. The van der Waals surface area contributed by atoms with Crippen LogP contribution >= 0.6 is 0 Å². The van der Waals surface area contributed by atoms with Crippen LogP contribution in [0.25, 0.3) is 27.8 Å². The molecule has 0 spiro atoms. The molecule has 1 atom stereocenters. The molecule has 0 amide bonds. The van der Waals surface area contributed by atoms with E-state index < -0.39 is 0 Å². The average Bonchev–Trinajstić information content (AvgIpc) is 3.27. The highest BCUT2D eigenvalue weighted by molar-refractivity contribution is 5.83. The second-order valence-electron chi connectivity index (χ2n) is 7.89. The molecule has 9 heteroatoms. The lowest BCUT2D eigenvalue weighted by molar-refractivity contribution is 0.196. The van der Waals surface area contributed by atoms with E-state index in [2.05, 4.69) is 19.9 Å². The predicted molar refractivity (Wildman–Crippen MR) is 123 cm³/mol. The minimum atomic E-state index is -0.287. The van der Waals surface area contributed by atoms with Crippen molar-refractivity contribution >= 4 is 33.9 Å². The first kappa shape index (κ1) is 18.4. The van der Waals surface area contributed by atoms with Gasteiger partial charge in [-0.1, -0.05) is 6.07 Å². The maximum Gasteiger partial charge on any atom is 0.220 e. The van der Waals surface area contributed by atoms with E-state index in [1.54, 1.807) is 12.4 Å². The largest absolute Gasteiger partial charge is 0.480 e. The highest BCUT2D eigenvalue weighted by Crippen LogP contribution is 2.39. The molecule has 0 saturated heterocycles. The zero-order valence-corrected chi connectivity index (χ0v) is 17.3. The normalized spacial score (nSPS) is 15.7. The van der Waals surface area contributed by atoms with Gasteiger partial charge in [-0.2, -0.15) is 0 Å². The fourth-order valence-electron chi connectivity index (χ4n) is 4.13. The molecule has 5 aromatic rings. The Balaban J connectivity index is 1.46. The van der Waals surface area contributed by atoms with Gasteiger partial charge in [0.25, 0.3) is 0 Å². The Morgan fingerprint density at radius 2 is 1.97 bits per heavy atom. The molecule has 1 unspecified atom stereocenters. The van der Waals surface area contributed by atoms with Gasteiger partial charge in [0.15, 0.2) is 11.8 Å². The number of benzene rings is 2. The van der Waals surface area contributed by atoms with Crippen molar-refractivity contribution in [3.05, 3.63) is 66.9 Å². The predicted octanol–water partition coefficient (Wildman–Crippen LogP) is 3.07. The summed E-state index contributed by atoms with van der Waals surface area (Å²) in [5.41, 5.74) is 17.4. The topological polar surface area (TPSA) is 120 Å². The van der Waals surface area contributed by atoms with Crippen LogP contribution in [0.4, 0.5) is 17.3 Å². The van der Waals surface area contributed by atoms with Crippen LogP contribution in [0.2, 0.25) is 0 Å². The highest BCUT2D eigenvalue weighted by Gasteiger charge is 2.29. The van der Waals surface area contributed by atoms with Crippen LogP contribution in [-0.4, -0.2) is 37.9 Å². The molecule has 32 heavy (non-hydrogen) atoms. The second-order valence-corrected chi connectivity index (χ2v) is 7.89. The number of nitrogens with two attached hydrogens (primary N) is 2. The van der Waals surface area contributed by atoms with Gasteiger partial charge in [-0.3, -0.25) is 0 Å². The van der Waals surface area contributed by atoms with E-state index in [-0.39, 0.29) is 12.1 Å². The van der Waals surface area contributed by atoms with Gasteiger partial charge in [0.2, 0.25) is 5.95 Å².